The van der Waals surface area contributed by atoms with E-state index in [1.165, 1.54) is 42.5 Å². The number of pyridine rings is 1. The normalized spacial score (nSPS) is 10.2. The van der Waals surface area contributed by atoms with Gasteiger partial charge in [-0.1, -0.05) is 30.3 Å². The Morgan fingerprint density at radius 3 is 2.52 bits per heavy atom. The van der Waals surface area contributed by atoms with E-state index in [0.717, 1.165) is 0 Å². The van der Waals surface area contributed by atoms with Gasteiger partial charge < -0.3 is 4.98 Å². The van der Waals surface area contributed by atoms with Gasteiger partial charge in [0.2, 0.25) is 0 Å². The molecule has 25 heavy (non-hydrogen) atoms. The fourth-order valence-corrected chi connectivity index (χ4v) is 2.51. The monoisotopic (exact) mass is 335 g/mol. The third kappa shape index (κ3) is 3.01. The molecular formula is C18H10FN3O3. The van der Waals surface area contributed by atoms with Crippen LogP contribution in [0.25, 0.3) is 22.4 Å². The summed E-state index contributed by atoms with van der Waals surface area (Å²) in [5, 5.41) is 20.2. The number of H-pyrrole nitrogens is 1. The molecule has 0 aliphatic heterocycles. The van der Waals surface area contributed by atoms with Crippen molar-refractivity contribution in [1.29, 1.82) is 5.26 Å². The van der Waals surface area contributed by atoms with E-state index in [-0.39, 0.29) is 28.1 Å². The number of nitro groups is 1. The van der Waals surface area contributed by atoms with Crippen LogP contribution in [0.3, 0.4) is 0 Å². The molecule has 1 aromatic heterocycles. The molecule has 2 aromatic carbocycles. The van der Waals surface area contributed by atoms with E-state index in [0.29, 0.717) is 5.56 Å². The summed E-state index contributed by atoms with van der Waals surface area (Å²) in [6.07, 6.45) is 0. The largest absolute Gasteiger partial charge is 0.321 e. The Hall–Kier alpha value is -3.79. The molecule has 0 amide bonds. The van der Waals surface area contributed by atoms with Gasteiger partial charge in [0, 0.05) is 34.5 Å². The lowest BCUT2D eigenvalue weighted by molar-refractivity contribution is -0.384. The van der Waals surface area contributed by atoms with Gasteiger partial charge in [-0.25, -0.2) is 4.39 Å². The summed E-state index contributed by atoms with van der Waals surface area (Å²) in [7, 11) is 0. The van der Waals surface area contributed by atoms with Crippen molar-refractivity contribution in [3.63, 3.8) is 0 Å². The summed E-state index contributed by atoms with van der Waals surface area (Å²) in [6.45, 7) is 0. The Bertz CT molecular complexity index is 1080. The maximum atomic E-state index is 14.1. The Labute approximate surface area is 141 Å². The molecule has 0 saturated heterocycles. The average Bonchev–Trinajstić information content (AvgIpc) is 2.61. The van der Waals surface area contributed by atoms with Crippen LogP contribution in [-0.4, -0.2) is 9.91 Å². The summed E-state index contributed by atoms with van der Waals surface area (Å²) in [6, 6.07) is 14.7. The highest BCUT2D eigenvalue weighted by Crippen LogP contribution is 2.29. The molecule has 6 nitrogen and oxygen atoms in total. The molecule has 7 heteroatoms. The summed E-state index contributed by atoms with van der Waals surface area (Å²) in [5.41, 5.74) is -0.179. The summed E-state index contributed by atoms with van der Waals surface area (Å²) in [4.78, 5) is 25.1. The highest BCUT2D eigenvalue weighted by Gasteiger charge is 2.16. The summed E-state index contributed by atoms with van der Waals surface area (Å²) in [5.74, 6) is -0.574. The number of non-ortho nitro benzene ring substituents is 1. The minimum absolute atomic E-state index is 0.108. The average molecular weight is 335 g/mol. The third-order valence-electron chi connectivity index (χ3n) is 3.68. The molecule has 3 rings (SSSR count). The molecule has 1 N–H and O–H groups in total. The van der Waals surface area contributed by atoms with Crippen LogP contribution in [0, 0.1) is 27.3 Å². The van der Waals surface area contributed by atoms with Crippen LogP contribution < -0.4 is 5.56 Å². The number of hydrogen-bond donors (Lipinski definition) is 1. The standard InChI is InChI=1S/C18H10FN3O3/c19-16-7-2-1-6-13(16)14-9-17(21-18(23)15(14)10-20)11-4-3-5-12(8-11)22(24)25/h1-9H,(H,21,23). The second-order valence-electron chi connectivity index (χ2n) is 5.20. The molecule has 0 spiro atoms. The van der Waals surface area contributed by atoms with Gasteiger partial charge in [-0.15, -0.1) is 0 Å². The van der Waals surface area contributed by atoms with Crippen LogP contribution in [0.15, 0.2) is 59.4 Å². The fourth-order valence-electron chi connectivity index (χ4n) is 2.51. The second-order valence-corrected chi connectivity index (χ2v) is 5.20. The van der Waals surface area contributed by atoms with E-state index in [4.69, 9.17) is 0 Å². The Balaban J connectivity index is 2.27. The molecule has 0 fully saturated rings. The lowest BCUT2D eigenvalue weighted by atomic mass is 9.98. The SMILES string of the molecule is N#Cc1c(-c2ccccc2F)cc(-c2cccc([N+](=O)[O-])c2)[nH]c1=O. The van der Waals surface area contributed by atoms with Gasteiger partial charge in [0.05, 0.1) is 4.92 Å². The molecule has 122 valence electrons. The summed E-state index contributed by atoms with van der Waals surface area (Å²) < 4.78 is 14.1. The molecule has 0 radical (unpaired) electrons. The van der Waals surface area contributed by atoms with E-state index in [2.05, 4.69) is 4.98 Å². The lowest BCUT2D eigenvalue weighted by Gasteiger charge is -2.09. The van der Waals surface area contributed by atoms with Crippen molar-refractivity contribution in [2.45, 2.75) is 0 Å². The van der Waals surface area contributed by atoms with Gasteiger partial charge >= 0.3 is 0 Å². The van der Waals surface area contributed by atoms with E-state index in [1.807, 2.05) is 0 Å². The Morgan fingerprint density at radius 1 is 1.08 bits per heavy atom. The number of nitrogens with zero attached hydrogens (tertiary/aromatic N) is 2. The maximum absolute atomic E-state index is 14.1. The molecule has 0 bridgehead atoms. The molecule has 1 heterocycles. The van der Waals surface area contributed by atoms with Crippen LogP contribution in [0.2, 0.25) is 0 Å². The van der Waals surface area contributed by atoms with Crippen LogP contribution in [0.4, 0.5) is 10.1 Å². The van der Waals surface area contributed by atoms with Crippen molar-refractivity contribution in [2.75, 3.05) is 0 Å². The lowest BCUT2D eigenvalue weighted by Crippen LogP contribution is -2.13. The topological polar surface area (TPSA) is 99.8 Å². The van der Waals surface area contributed by atoms with E-state index in [9.17, 15) is 24.6 Å². The molecule has 3 aromatic rings. The van der Waals surface area contributed by atoms with Crippen molar-refractivity contribution in [3.05, 3.63) is 86.4 Å². The van der Waals surface area contributed by atoms with Crippen molar-refractivity contribution < 1.29 is 9.31 Å². The van der Waals surface area contributed by atoms with Crippen LogP contribution in [0.5, 0.6) is 0 Å². The number of benzene rings is 2. The summed E-state index contributed by atoms with van der Waals surface area (Å²) >= 11 is 0. The van der Waals surface area contributed by atoms with Gasteiger partial charge in [0.1, 0.15) is 17.4 Å². The van der Waals surface area contributed by atoms with Crippen molar-refractivity contribution in [3.8, 4) is 28.5 Å². The number of nitro benzene ring substituents is 1. The van der Waals surface area contributed by atoms with Gasteiger partial charge in [0.25, 0.3) is 11.2 Å². The number of rotatable bonds is 3. The first-order valence-corrected chi connectivity index (χ1v) is 7.18. The fraction of sp³-hybridized carbons (Fsp3) is 0. The van der Waals surface area contributed by atoms with E-state index in [1.54, 1.807) is 18.2 Å². The second kappa shape index (κ2) is 6.37. The van der Waals surface area contributed by atoms with Crippen LogP contribution in [-0.2, 0) is 0 Å². The molecule has 0 aliphatic carbocycles. The van der Waals surface area contributed by atoms with Gasteiger partial charge in [-0.2, -0.15) is 5.26 Å². The van der Waals surface area contributed by atoms with Gasteiger partial charge in [-0.3, -0.25) is 14.9 Å². The first-order valence-electron chi connectivity index (χ1n) is 7.18. The van der Waals surface area contributed by atoms with Gasteiger partial charge in [-0.05, 0) is 12.1 Å². The maximum Gasteiger partial charge on any atom is 0.270 e. The molecular weight excluding hydrogens is 325 g/mol. The quantitative estimate of drug-likeness (QED) is 0.583. The number of aromatic nitrogens is 1. The minimum atomic E-state index is -0.690. The number of hydrogen-bond acceptors (Lipinski definition) is 4. The Morgan fingerprint density at radius 2 is 1.84 bits per heavy atom. The van der Waals surface area contributed by atoms with Crippen molar-refractivity contribution in [2.24, 2.45) is 0 Å². The first kappa shape index (κ1) is 16.1. The number of halogens is 1. The van der Waals surface area contributed by atoms with E-state index < -0.39 is 16.3 Å². The number of aromatic amines is 1. The predicted molar refractivity (Wildman–Crippen MR) is 89.3 cm³/mol. The zero-order valence-electron chi connectivity index (χ0n) is 12.7. The number of nitriles is 1. The number of nitrogens with one attached hydrogen (secondary N) is 1. The van der Waals surface area contributed by atoms with Crippen molar-refractivity contribution in [1.82, 2.24) is 4.98 Å². The van der Waals surface area contributed by atoms with Gasteiger partial charge in [0.15, 0.2) is 0 Å². The highest BCUT2D eigenvalue weighted by molar-refractivity contribution is 5.76. The Kier molecular flexibility index (Phi) is 4.10. The smallest absolute Gasteiger partial charge is 0.270 e. The predicted octanol–water partition coefficient (Wildman–Crippen LogP) is 3.63. The molecule has 0 unspecified atom stereocenters. The molecule has 0 aliphatic rings. The first-order chi connectivity index (χ1) is 12.0. The van der Waals surface area contributed by atoms with Crippen LogP contribution >= 0.6 is 0 Å². The molecule has 0 saturated carbocycles. The van der Waals surface area contributed by atoms with Crippen LogP contribution in [0.1, 0.15) is 5.56 Å². The zero-order valence-corrected chi connectivity index (χ0v) is 12.7. The van der Waals surface area contributed by atoms with Crippen molar-refractivity contribution >= 4 is 5.69 Å². The third-order valence-corrected chi connectivity index (χ3v) is 3.68. The zero-order chi connectivity index (χ0) is 18.0. The minimum Gasteiger partial charge on any atom is -0.321 e. The molecule has 0 atom stereocenters. The van der Waals surface area contributed by atoms with E-state index >= 15 is 0 Å². The highest BCUT2D eigenvalue weighted by atomic mass is 19.1.